The monoisotopic (exact) mass is 312 g/mol. The molecule has 2 rings (SSSR count). The maximum absolute atomic E-state index is 4.47. The molecule has 0 aromatic carbocycles. The first kappa shape index (κ1) is 16.9. The average Bonchev–Trinajstić information content (AvgIpc) is 3.15. The number of unbranched alkanes of at least 4 members (excludes halogenated alkanes) is 1. The molecule has 0 radical (unpaired) electrons. The summed E-state index contributed by atoms with van der Waals surface area (Å²) in [5, 5.41) is 3.54. The summed E-state index contributed by atoms with van der Waals surface area (Å²) in [4.78, 5) is 9.57. The van der Waals surface area contributed by atoms with Crippen LogP contribution in [0.1, 0.15) is 32.1 Å². The molecule has 0 aromatic rings. The van der Waals surface area contributed by atoms with Crippen LogP contribution in [0.25, 0.3) is 0 Å². The molecule has 0 bridgehead atoms. The van der Waals surface area contributed by atoms with Gasteiger partial charge in [-0.15, -0.1) is 0 Å². The lowest BCUT2D eigenvalue weighted by molar-refractivity contribution is 0.281. The van der Waals surface area contributed by atoms with Crippen LogP contribution in [0.3, 0.4) is 0 Å². The van der Waals surface area contributed by atoms with Crippen LogP contribution in [0, 0.1) is 5.92 Å². The normalized spacial score (nSPS) is 24.0. The van der Waals surface area contributed by atoms with Crippen molar-refractivity contribution in [2.45, 2.75) is 32.1 Å². The SMILES string of the molecule is CN=C(NCCCCSC)N1CCC(CN2CCCC2)C1. The van der Waals surface area contributed by atoms with E-state index in [0.717, 1.165) is 18.4 Å². The Bertz CT molecular complexity index is 315. The van der Waals surface area contributed by atoms with Crippen LogP contribution >= 0.6 is 11.8 Å². The van der Waals surface area contributed by atoms with Crippen LogP contribution in [-0.4, -0.2) is 74.1 Å². The molecule has 0 saturated carbocycles. The van der Waals surface area contributed by atoms with Crippen LogP contribution in [0.2, 0.25) is 0 Å². The summed E-state index contributed by atoms with van der Waals surface area (Å²) in [6.07, 6.45) is 8.83. The van der Waals surface area contributed by atoms with Gasteiger partial charge >= 0.3 is 0 Å². The van der Waals surface area contributed by atoms with Gasteiger partial charge in [-0.05, 0) is 63.1 Å². The zero-order valence-electron chi connectivity index (χ0n) is 13.8. The van der Waals surface area contributed by atoms with Gasteiger partial charge in [-0.2, -0.15) is 11.8 Å². The van der Waals surface area contributed by atoms with E-state index in [0.29, 0.717) is 0 Å². The van der Waals surface area contributed by atoms with Crippen molar-refractivity contribution < 1.29 is 0 Å². The van der Waals surface area contributed by atoms with E-state index in [1.165, 1.54) is 70.6 Å². The summed E-state index contributed by atoms with van der Waals surface area (Å²) in [6.45, 7) is 7.34. The molecule has 2 fully saturated rings. The molecule has 1 atom stereocenters. The summed E-state index contributed by atoms with van der Waals surface area (Å²) in [5.74, 6) is 3.21. The van der Waals surface area contributed by atoms with E-state index in [2.05, 4.69) is 26.4 Å². The zero-order chi connectivity index (χ0) is 14.9. The standard InChI is InChI=1S/C16H32N4S/c1-17-16(18-8-3-6-12-21-2)20-11-7-15(14-20)13-19-9-4-5-10-19/h15H,3-14H2,1-2H3,(H,17,18). The Morgan fingerprint density at radius 2 is 2.05 bits per heavy atom. The van der Waals surface area contributed by atoms with Crippen LogP contribution < -0.4 is 5.32 Å². The number of hydrogen-bond acceptors (Lipinski definition) is 3. The molecule has 2 heterocycles. The molecule has 0 spiro atoms. The van der Waals surface area contributed by atoms with Crippen molar-refractivity contribution in [1.82, 2.24) is 15.1 Å². The van der Waals surface area contributed by atoms with Gasteiger partial charge < -0.3 is 15.1 Å². The highest BCUT2D eigenvalue weighted by Gasteiger charge is 2.27. The second-order valence-electron chi connectivity index (χ2n) is 6.28. The van der Waals surface area contributed by atoms with Gasteiger partial charge in [-0.3, -0.25) is 4.99 Å². The summed E-state index contributed by atoms with van der Waals surface area (Å²) in [5.41, 5.74) is 0. The number of rotatable bonds is 7. The maximum Gasteiger partial charge on any atom is 0.193 e. The molecule has 1 N–H and O–H groups in total. The van der Waals surface area contributed by atoms with Crippen molar-refractivity contribution in [1.29, 1.82) is 0 Å². The first-order chi connectivity index (χ1) is 10.3. The third-order valence-electron chi connectivity index (χ3n) is 4.57. The Kier molecular flexibility index (Phi) is 7.72. The summed E-state index contributed by atoms with van der Waals surface area (Å²) in [6, 6.07) is 0. The number of hydrogen-bond donors (Lipinski definition) is 1. The zero-order valence-corrected chi connectivity index (χ0v) is 14.6. The number of likely N-dealkylation sites (tertiary alicyclic amines) is 2. The highest BCUT2D eigenvalue weighted by atomic mass is 32.2. The lowest BCUT2D eigenvalue weighted by Gasteiger charge is -2.23. The van der Waals surface area contributed by atoms with Gasteiger partial charge in [0.05, 0.1) is 0 Å². The summed E-state index contributed by atoms with van der Waals surface area (Å²) < 4.78 is 0. The molecule has 2 aliphatic rings. The predicted molar refractivity (Wildman–Crippen MR) is 94.3 cm³/mol. The van der Waals surface area contributed by atoms with E-state index in [4.69, 9.17) is 0 Å². The van der Waals surface area contributed by atoms with Gasteiger partial charge in [0, 0.05) is 33.2 Å². The van der Waals surface area contributed by atoms with Gasteiger partial charge in [-0.1, -0.05) is 0 Å². The summed E-state index contributed by atoms with van der Waals surface area (Å²) in [7, 11) is 1.91. The number of aliphatic imine (C=N–C) groups is 1. The molecule has 2 saturated heterocycles. The van der Waals surface area contributed by atoms with E-state index in [9.17, 15) is 0 Å². The summed E-state index contributed by atoms with van der Waals surface area (Å²) >= 11 is 1.93. The molecule has 0 aromatic heterocycles. The van der Waals surface area contributed by atoms with Crippen molar-refractivity contribution in [3.8, 4) is 0 Å². The fourth-order valence-corrected chi connectivity index (χ4v) is 3.90. The average molecular weight is 313 g/mol. The van der Waals surface area contributed by atoms with E-state index in [-0.39, 0.29) is 0 Å². The van der Waals surface area contributed by atoms with Gasteiger partial charge in [0.15, 0.2) is 5.96 Å². The molecule has 4 nitrogen and oxygen atoms in total. The lowest BCUT2D eigenvalue weighted by atomic mass is 10.1. The van der Waals surface area contributed by atoms with Crippen molar-refractivity contribution in [3.05, 3.63) is 0 Å². The molecular formula is C16H32N4S. The molecule has 5 heteroatoms. The molecular weight excluding hydrogens is 280 g/mol. The van der Waals surface area contributed by atoms with Crippen molar-refractivity contribution in [2.24, 2.45) is 10.9 Å². The molecule has 0 amide bonds. The number of nitrogens with zero attached hydrogens (tertiary/aromatic N) is 3. The molecule has 1 unspecified atom stereocenters. The minimum atomic E-state index is 0.832. The number of thioether (sulfide) groups is 1. The highest BCUT2D eigenvalue weighted by Crippen LogP contribution is 2.19. The smallest absolute Gasteiger partial charge is 0.193 e. The quantitative estimate of drug-likeness (QED) is 0.443. The fraction of sp³-hybridized carbons (Fsp3) is 0.938. The topological polar surface area (TPSA) is 30.9 Å². The minimum Gasteiger partial charge on any atom is -0.356 e. The molecule has 0 aliphatic carbocycles. The lowest BCUT2D eigenvalue weighted by Crippen LogP contribution is -2.41. The van der Waals surface area contributed by atoms with Crippen LogP contribution in [-0.2, 0) is 0 Å². The van der Waals surface area contributed by atoms with Crippen LogP contribution in [0.15, 0.2) is 4.99 Å². The fourth-order valence-electron chi connectivity index (χ4n) is 3.41. The Hall–Kier alpha value is -0.420. The van der Waals surface area contributed by atoms with Crippen molar-refractivity contribution in [3.63, 3.8) is 0 Å². The third kappa shape index (κ3) is 5.70. The van der Waals surface area contributed by atoms with Gasteiger partial charge in [0.2, 0.25) is 0 Å². The first-order valence-electron chi connectivity index (χ1n) is 8.50. The Morgan fingerprint density at radius 3 is 2.76 bits per heavy atom. The number of guanidine groups is 1. The minimum absolute atomic E-state index is 0.832. The highest BCUT2D eigenvalue weighted by molar-refractivity contribution is 7.98. The maximum atomic E-state index is 4.47. The molecule has 21 heavy (non-hydrogen) atoms. The van der Waals surface area contributed by atoms with Gasteiger partial charge in [0.1, 0.15) is 0 Å². The van der Waals surface area contributed by atoms with Crippen LogP contribution in [0.5, 0.6) is 0 Å². The first-order valence-corrected chi connectivity index (χ1v) is 9.89. The second-order valence-corrected chi connectivity index (χ2v) is 7.27. The molecule has 2 aliphatic heterocycles. The van der Waals surface area contributed by atoms with E-state index >= 15 is 0 Å². The van der Waals surface area contributed by atoms with E-state index in [1.807, 2.05) is 18.8 Å². The third-order valence-corrected chi connectivity index (χ3v) is 5.27. The second kappa shape index (κ2) is 9.57. The number of nitrogens with one attached hydrogen (secondary N) is 1. The van der Waals surface area contributed by atoms with Crippen molar-refractivity contribution >= 4 is 17.7 Å². The van der Waals surface area contributed by atoms with Gasteiger partial charge in [-0.25, -0.2) is 0 Å². The largest absolute Gasteiger partial charge is 0.356 e. The van der Waals surface area contributed by atoms with Crippen molar-refractivity contribution in [2.75, 3.05) is 58.3 Å². The Labute approximate surface area is 134 Å². The Balaban J connectivity index is 1.65. The van der Waals surface area contributed by atoms with E-state index < -0.39 is 0 Å². The Morgan fingerprint density at radius 1 is 1.24 bits per heavy atom. The predicted octanol–water partition coefficient (Wildman–Crippen LogP) is 2.12. The van der Waals surface area contributed by atoms with Gasteiger partial charge in [0.25, 0.3) is 0 Å². The molecule has 122 valence electrons. The van der Waals surface area contributed by atoms with Crippen LogP contribution in [0.4, 0.5) is 0 Å². The van der Waals surface area contributed by atoms with E-state index in [1.54, 1.807) is 0 Å².